The number of hydrogen-bond acceptors (Lipinski definition) is 5. The summed E-state index contributed by atoms with van der Waals surface area (Å²) in [6, 6.07) is 15.2. The Kier molecular flexibility index (Phi) is 4.16. The molecule has 1 heterocycles. The number of anilines is 1. The van der Waals surface area contributed by atoms with Crippen molar-refractivity contribution in [3.63, 3.8) is 0 Å². The average Bonchev–Trinajstić information content (AvgIpc) is 2.57. The van der Waals surface area contributed by atoms with Crippen molar-refractivity contribution in [1.29, 1.82) is 0 Å². The van der Waals surface area contributed by atoms with Crippen molar-refractivity contribution in [2.24, 2.45) is 5.10 Å². The molecule has 6 heteroatoms. The fourth-order valence-electron chi connectivity index (χ4n) is 2.09. The first-order valence-corrected chi connectivity index (χ1v) is 7.00. The van der Waals surface area contributed by atoms with E-state index in [1.165, 1.54) is 0 Å². The second kappa shape index (κ2) is 6.41. The highest BCUT2D eigenvalue weighted by molar-refractivity contribution is 6.34. The molecule has 3 aromatic rings. The van der Waals surface area contributed by atoms with Crippen LogP contribution in [-0.4, -0.2) is 23.5 Å². The molecule has 1 aromatic heterocycles. The number of fused-ring (bicyclic) bond motifs is 1. The van der Waals surface area contributed by atoms with Crippen molar-refractivity contribution in [1.82, 2.24) is 10.2 Å². The molecule has 0 saturated carbocycles. The van der Waals surface area contributed by atoms with Crippen molar-refractivity contribution in [3.05, 3.63) is 59.2 Å². The summed E-state index contributed by atoms with van der Waals surface area (Å²) in [4.78, 5) is 0. The molecular weight excluding hydrogens is 300 g/mol. The van der Waals surface area contributed by atoms with Crippen molar-refractivity contribution in [3.8, 4) is 5.75 Å². The van der Waals surface area contributed by atoms with Crippen LogP contribution in [0.25, 0.3) is 10.8 Å². The predicted molar refractivity (Wildman–Crippen MR) is 88.8 cm³/mol. The standard InChI is InChI=1S/C16H13ClN4O/c1-22-14-9-5-2-6-11(14)10-18-20-16-13-8-4-3-7-12(13)15(17)19-21-16/h2-10H,1H3,(H,20,21). The molecule has 0 aliphatic heterocycles. The molecule has 0 aliphatic carbocycles. The zero-order chi connectivity index (χ0) is 15.4. The van der Waals surface area contributed by atoms with Crippen LogP contribution in [0.1, 0.15) is 5.56 Å². The molecule has 0 atom stereocenters. The van der Waals surface area contributed by atoms with Crippen LogP contribution in [0, 0.1) is 0 Å². The Balaban J connectivity index is 1.88. The van der Waals surface area contributed by atoms with E-state index in [0.717, 1.165) is 22.1 Å². The fraction of sp³-hybridized carbons (Fsp3) is 0.0625. The molecule has 0 bridgehead atoms. The van der Waals surface area contributed by atoms with Crippen molar-refractivity contribution in [2.45, 2.75) is 0 Å². The summed E-state index contributed by atoms with van der Waals surface area (Å²) in [7, 11) is 1.62. The van der Waals surface area contributed by atoms with E-state index < -0.39 is 0 Å². The number of hydrazone groups is 1. The van der Waals surface area contributed by atoms with Crippen LogP contribution in [0.5, 0.6) is 5.75 Å². The minimum Gasteiger partial charge on any atom is -0.496 e. The van der Waals surface area contributed by atoms with Crippen LogP contribution in [0.3, 0.4) is 0 Å². The highest BCUT2D eigenvalue weighted by atomic mass is 35.5. The number of benzene rings is 2. The first-order valence-electron chi connectivity index (χ1n) is 6.62. The summed E-state index contributed by atoms with van der Waals surface area (Å²) in [5.41, 5.74) is 3.76. The van der Waals surface area contributed by atoms with Gasteiger partial charge in [0, 0.05) is 16.3 Å². The van der Waals surface area contributed by atoms with Gasteiger partial charge in [-0.05, 0) is 12.1 Å². The number of aromatic nitrogens is 2. The van der Waals surface area contributed by atoms with Gasteiger partial charge < -0.3 is 4.74 Å². The summed E-state index contributed by atoms with van der Waals surface area (Å²) < 4.78 is 5.27. The van der Waals surface area contributed by atoms with Gasteiger partial charge in [-0.2, -0.15) is 5.10 Å². The first kappa shape index (κ1) is 14.3. The normalized spacial score (nSPS) is 11.0. The maximum Gasteiger partial charge on any atom is 0.176 e. The van der Waals surface area contributed by atoms with Gasteiger partial charge in [0.1, 0.15) is 5.75 Å². The fourth-order valence-corrected chi connectivity index (χ4v) is 2.29. The molecule has 0 fully saturated rings. The average molecular weight is 313 g/mol. The van der Waals surface area contributed by atoms with Gasteiger partial charge in [-0.25, -0.2) is 0 Å². The second-order valence-electron chi connectivity index (χ2n) is 4.50. The smallest absolute Gasteiger partial charge is 0.176 e. The van der Waals surface area contributed by atoms with Gasteiger partial charge in [0.15, 0.2) is 11.0 Å². The lowest BCUT2D eigenvalue weighted by molar-refractivity contribution is 0.414. The summed E-state index contributed by atoms with van der Waals surface area (Å²) in [6.45, 7) is 0. The Bertz CT molecular complexity index is 835. The lowest BCUT2D eigenvalue weighted by atomic mass is 10.2. The number of methoxy groups -OCH3 is 1. The predicted octanol–water partition coefficient (Wildman–Crippen LogP) is 3.74. The monoisotopic (exact) mass is 312 g/mol. The second-order valence-corrected chi connectivity index (χ2v) is 4.85. The molecule has 3 rings (SSSR count). The number of para-hydroxylation sites is 1. The summed E-state index contributed by atoms with van der Waals surface area (Å²) in [6.07, 6.45) is 1.67. The number of ether oxygens (including phenoxy) is 1. The van der Waals surface area contributed by atoms with Crippen LogP contribution in [0.2, 0.25) is 5.15 Å². The van der Waals surface area contributed by atoms with Crippen LogP contribution in [0.15, 0.2) is 53.6 Å². The lowest BCUT2D eigenvalue weighted by Gasteiger charge is -2.05. The van der Waals surface area contributed by atoms with Gasteiger partial charge in [-0.1, -0.05) is 48.0 Å². The maximum absolute atomic E-state index is 6.04. The molecule has 0 radical (unpaired) electrons. The zero-order valence-corrected chi connectivity index (χ0v) is 12.6. The van der Waals surface area contributed by atoms with E-state index in [0.29, 0.717) is 11.0 Å². The number of nitrogens with zero attached hydrogens (tertiary/aromatic N) is 3. The van der Waals surface area contributed by atoms with Crippen molar-refractivity contribution in [2.75, 3.05) is 12.5 Å². The Morgan fingerprint density at radius 1 is 1.05 bits per heavy atom. The van der Waals surface area contributed by atoms with E-state index in [4.69, 9.17) is 16.3 Å². The first-order chi connectivity index (χ1) is 10.8. The topological polar surface area (TPSA) is 59.4 Å². The van der Waals surface area contributed by atoms with Crippen LogP contribution < -0.4 is 10.2 Å². The van der Waals surface area contributed by atoms with Crippen molar-refractivity contribution < 1.29 is 4.74 Å². The van der Waals surface area contributed by atoms with Gasteiger partial charge in [-0.15, -0.1) is 10.2 Å². The van der Waals surface area contributed by atoms with Crippen LogP contribution in [0.4, 0.5) is 5.82 Å². The number of rotatable bonds is 4. The molecule has 0 saturated heterocycles. The summed E-state index contributed by atoms with van der Waals surface area (Å²) in [5.74, 6) is 1.30. The molecule has 5 nitrogen and oxygen atoms in total. The molecule has 110 valence electrons. The van der Waals surface area contributed by atoms with E-state index in [2.05, 4.69) is 20.7 Å². The summed E-state index contributed by atoms with van der Waals surface area (Å²) >= 11 is 6.04. The molecule has 1 N–H and O–H groups in total. The Morgan fingerprint density at radius 2 is 1.77 bits per heavy atom. The third kappa shape index (κ3) is 2.84. The minimum absolute atomic E-state index is 0.370. The third-order valence-corrected chi connectivity index (χ3v) is 3.43. The van der Waals surface area contributed by atoms with Gasteiger partial charge >= 0.3 is 0 Å². The van der Waals surface area contributed by atoms with Gasteiger partial charge in [0.05, 0.1) is 13.3 Å². The lowest BCUT2D eigenvalue weighted by Crippen LogP contribution is -1.98. The Hall–Kier alpha value is -2.66. The highest BCUT2D eigenvalue weighted by Crippen LogP contribution is 2.25. The van der Waals surface area contributed by atoms with Gasteiger partial charge in [-0.3, -0.25) is 5.43 Å². The van der Waals surface area contributed by atoms with Gasteiger partial charge in [0.25, 0.3) is 0 Å². The molecule has 22 heavy (non-hydrogen) atoms. The minimum atomic E-state index is 0.370. The highest BCUT2D eigenvalue weighted by Gasteiger charge is 2.06. The number of halogens is 1. The molecule has 0 spiro atoms. The molecule has 0 amide bonds. The zero-order valence-electron chi connectivity index (χ0n) is 11.8. The maximum atomic E-state index is 6.04. The molecule has 0 unspecified atom stereocenters. The SMILES string of the molecule is COc1ccccc1C=NNc1nnc(Cl)c2ccccc12. The van der Waals surface area contributed by atoms with E-state index in [-0.39, 0.29) is 0 Å². The van der Waals surface area contributed by atoms with Crippen LogP contribution >= 0.6 is 11.6 Å². The van der Waals surface area contributed by atoms with E-state index in [1.807, 2.05) is 48.5 Å². The van der Waals surface area contributed by atoms with E-state index in [9.17, 15) is 0 Å². The van der Waals surface area contributed by atoms with E-state index in [1.54, 1.807) is 13.3 Å². The molecule has 0 aliphatic rings. The largest absolute Gasteiger partial charge is 0.496 e. The Morgan fingerprint density at radius 3 is 2.59 bits per heavy atom. The van der Waals surface area contributed by atoms with Crippen LogP contribution in [-0.2, 0) is 0 Å². The number of nitrogens with one attached hydrogen (secondary N) is 1. The van der Waals surface area contributed by atoms with Gasteiger partial charge in [0.2, 0.25) is 0 Å². The molecular formula is C16H13ClN4O. The molecule has 2 aromatic carbocycles. The van der Waals surface area contributed by atoms with E-state index >= 15 is 0 Å². The summed E-state index contributed by atoms with van der Waals surface area (Å²) in [5, 5.41) is 14.2. The van der Waals surface area contributed by atoms with Crippen molar-refractivity contribution >= 4 is 34.4 Å². The Labute approximate surface area is 132 Å². The number of hydrogen-bond donors (Lipinski definition) is 1. The third-order valence-electron chi connectivity index (χ3n) is 3.16. The quantitative estimate of drug-likeness (QED) is 0.589.